The van der Waals surface area contributed by atoms with Gasteiger partial charge in [-0.2, -0.15) is 0 Å². The number of benzene rings is 3. The molecule has 0 nitrogen and oxygen atoms in total. The van der Waals surface area contributed by atoms with Crippen LogP contribution in [0, 0.1) is 5.41 Å². The summed E-state index contributed by atoms with van der Waals surface area (Å²) in [6.45, 7) is 6.91. The first-order chi connectivity index (χ1) is 12.0. The maximum Gasteiger partial charge on any atom is -0.00464 e. The molecular weight excluding hydrogens is 300 g/mol. The van der Waals surface area contributed by atoms with Crippen LogP contribution in [0.4, 0.5) is 0 Å². The highest BCUT2D eigenvalue weighted by Gasteiger charge is 2.24. The molecule has 1 aliphatic carbocycles. The van der Waals surface area contributed by atoms with Crippen LogP contribution < -0.4 is 0 Å². The van der Waals surface area contributed by atoms with Crippen molar-refractivity contribution in [1.29, 1.82) is 0 Å². The maximum absolute atomic E-state index is 2.39. The van der Waals surface area contributed by atoms with E-state index in [0.29, 0.717) is 0 Å². The molecule has 4 rings (SSSR count). The van der Waals surface area contributed by atoms with Gasteiger partial charge in [-0.25, -0.2) is 0 Å². The summed E-state index contributed by atoms with van der Waals surface area (Å²) < 4.78 is 0. The summed E-state index contributed by atoms with van der Waals surface area (Å²) in [6.07, 6.45) is 3.45. The van der Waals surface area contributed by atoms with Crippen molar-refractivity contribution in [3.63, 3.8) is 0 Å². The highest BCUT2D eigenvalue weighted by atomic mass is 14.3. The minimum absolute atomic E-state index is 0.230. The zero-order chi connectivity index (χ0) is 17.4. The third kappa shape index (κ3) is 3.05. The molecule has 0 aromatic heterocycles. The lowest BCUT2D eigenvalue weighted by Crippen LogP contribution is -2.09. The summed E-state index contributed by atoms with van der Waals surface area (Å²) in [6, 6.07) is 26.2. The molecular formula is C25H24. The third-order valence-corrected chi connectivity index (χ3v) is 5.18. The van der Waals surface area contributed by atoms with Gasteiger partial charge < -0.3 is 0 Å². The van der Waals surface area contributed by atoms with Crippen molar-refractivity contribution in [2.45, 2.75) is 27.2 Å². The van der Waals surface area contributed by atoms with Crippen LogP contribution in [-0.2, 0) is 6.42 Å². The summed E-state index contributed by atoms with van der Waals surface area (Å²) in [7, 11) is 0. The Hall–Kier alpha value is -2.60. The topological polar surface area (TPSA) is 0 Å². The molecule has 0 saturated carbocycles. The van der Waals surface area contributed by atoms with Gasteiger partial charge >= 0.3 is 0 Å². The quantitative estimate of drug-likeness (QED) is 0.476. The molecule has 0 radical (unpaired) electrons. The van der Waals surface area contributed by atoms with E-state index in [4.69, 9.17) is 0 Å². The Morgan fingerprint density at radius 1 is 0.640 bits per heavy atom. The summed E-state index contributed by atoms with van der Waals surface area (Å²) in [5.74, 6) is 0. The summed E-state index contributed by atoms with van der Waals surface area (Å²) in [4.78, 5) is 0. The van der Waals surface area contributed by atoms with E-state index in [1.54, 1.807) is 0 Å². The number of allylic oxidation sites excluding steroid dienone is 1. The Morgan fingerprint density at radius 2 is 1.28 bits per heavy atom. The van der Waals surface area contributed by atoms with Gasteiger partial charge in [0.15, 0.2) is 0 Å². The van der Waals surface area contributed by atoms with Gasteiger partial charge in [0.05, 0.1) is 0 Å². The van der Waals surface area contributed by atoms with Gasteiger partial charge in [0.2, 0.25) is 0 Å². The maximum atomic E-state index is 2.39. The first-order valence-corrected chi connectivity index (χ1v) is 9.01. The van der Waals surface area contributed by atoms with Crippen molar-refractivity contribution in [3.05, 3.63) is 89.5 Å². The summed E-state index contributed by atoms with van der Waals surface area (Å²) in [5.41, 5.74) is 9.82. The van der Waals surface area contributed by atoms with Crippen LogP contribution in [0.15, 0.2) is 78.4 Å². The van der Waals surface area contributed by atoms with E-state index in [1.807, 2.05) is 0 Å². The van der Waals surface area contributed by atoms with Gasteiger partial charge in [-0.3, -0.25) is 0 Å². The Morgan fingerprint density at radius 3 is 1.96 bits per heavy atom. The molecule has 124 valence electrons. The molecule has 25 heavy (non-hydrogen) atoms. The Labute approximate surface area is 150 Å². The minimum Gasteiger partial charge on any atom is -0.0622 e. The number of hydrogen-bond acceptors (Lipinski definition) is 0. The molecule has 0 fully saturated rings. The molecule has 0 bridgehead atoms. The first kappa shape index (κ1) is 15.9. The highest BCUT2D eigenvalue weighted by Crippen LogP contribution is 2.40. The second-order valence-corrected chi connectivity index (χ2v) is 7.91. The van der Waals surface area contributed by atoms with E-state index < -0.39 is 0 Å². The lowest BCUT2D eigenvalue weighted by molar-refractivity contribution is 0.498. The molecule has 0 heteroatoms. The van der Waals surface area contributed by atoms with Crippen molar-refractivity contribution in [1.82, 2.24) is 0 Å². The number of rotatable bonds is 2. The Kier molecular flexibility index (Phi) is 3.84. The number of fused-ring (bicyclic) bond motifs is 1. The Bertz CT molecular complexity index is 920. The smallest absolute Gasteiger partial charge is 0.00464 e. The minimum atomic E-state index is 0.230. The van der Waals surface area contributed by atoms with Crippen LogP contribution in [0.25, 0.3) is 28.3 Å². The fraction of sp³-hybridized carbons (Fsp3) is 0.200. The molecule has 0 amide bonds. The Balaban J connectivity index is 1.69. The van der Waals surface area contributed by atoms with E-state index in [9.17, 15) is 0 Å². The lowest BCUT2D eigenvalue weighted by atomic mass is 9.84. The predicted molar refractivity (Wildman–Crippen MR) is 108 cm³/mol. The third-order valence-electron chi connectivity index (χ3n) is 5.18. The molecule has 0 spiro atoms. The molecule has 0 heterocycles. The van der Waals surface area contributed by atoms with Crippen LogP contribution in [0.3, 0.4) is 0 Å². The van der Waals surface area contributed by atoms with Crippen molar-refractivity contribution >= 4 is 6.08 Å². The van der Waals surface area contributed by atoms with Crippen molar-refractivity contribution in [2.75, 3.05) is 0 Å². The zero-order valence-electron chi connectivity index (χ0n) is 15.2. The van der Waals surface area contributed by atoms with Crippen LogP contribution in [0.1, 0.15) is 31.9 Å². The van der Waals surface area contributed by atoms with Gasteiger partial charge in [-0.05, 0) is 45.2 Å². The molecule has 0 saturated heterocycles. The lowest BCUT2D eigenvalue weighted by Gasteiger charge is -2.20. The van der Waals surface area contributed by atoms with Gasteiger partial charge in [-0.15, -0.1) is 0 Å². The van der Waals surface area contributed by atoms with Crippen LogP contribution in [0.5, 0.6) is 0 Å². The van der Waals surface area contributed by atoms with E-state index in [1.165, 1.54) is 39.0 Å². The van der Waals surface area contributed by atoms with Crippen molar-refractivity contribution < 1.29 is 0 Å². The van der Waals surface area contributed by atoms with E-state index in [0.717, 1.165) is 6.42 Å². The standard InChI is InChI=1S/C25H24/c1-25(2,3)22-16-21-10-7-11-23(24(21)17-22)20-14-12-19(13-15-20)18-8-5-4-6-9-18/h4-16H,17H2,1-3H3. The van der Waals surface area contributed by atoms with Gasteiger partial charge in [0, 0.05) is 0 Å². The fourth-order valence-electron chi connectivity index (χ4n) is 3.59. The average molecular weight is 324 g/mol. The number of hydrogen-bond donors (Lipinski definition) is 0. The van der Waals surface area contributed by atoms with Gasteiger partial charge in [0.1, 0.15) is 0 Å². The molecule has 0 unspecified atom stereocenters. The second kappa shape index (κ2) is 6.04. The van der Waals surface area contributed by atoms with Crippen molar-refractivity contribution in [3.8, 4) is 22.3 Å². The molecule has 0 aliphatic heterocycles. The van der Waals surface area contributed by atoms with E-state index in [-0.39, 0.29) is 5.41 Å². The van der Waals surface area contributed by atoms with Crippen LogP contribution >= 0.6 is 0 Å². The van der Waals surface area contributed by atoms with Gasteiger partial charge in [0.25, 0.3) is 0 Å². The molecule has 0 N–H and O–H groups in total. The van der Waals surface area contributed by atoms with Crippen molar-refractivity contribution in [2.24, 2.45) is 5.41 Å². The van der Waals surface area contributed by atoms with Crippen LogP contribution in [0.2, 0.25) is 0 Å². The van der Waals surface area contributed by atoms with E-state index >= 15 is 0 Å². The second-order valence-electron chi connectivity index (χ2n) is 7.91. The largest absolute Gasteiger partial charge is 0.0622 e. The molecule has 0 atom stereocenters. The van der Waals surface area contributed by atoms with Crippen LogP contribution in [-0.4, -0.2) is 0 Å². The average Bonchev–Trinajstić information content (AvgIpc) is 3.07. The normalized spacial score (nSPS) is 13.5. The molecule has 1 aliphatic rings. The molecule has 3 aromatic rings. The molecule has 3 aromatic carbocycles. The van der Waals surface area contributed by atoms with Gasteiger partial charge in [-0.1, -0.05) is 105 Å². The predicted octanol–water partition coefficient (Wildman–Crippen LogP) is 7.01. The first-order valence-electron chi connectivity index (χ1n) is 9.01. The summed E-state index contributed by atoms with van der Waals surface area (Å²) in [5, 5.41) is 0. The fourth-order valence-corrected chi connectivity index (χ4v) is 3.59. The SMILES string of the molecule is CC(C)(C)C1=Cc2cccc(-c3ccc(-c4ccccc4)cc3)c2C1. The highest BCUT2D eigenvalue weighted by molar-refractivity contribution is 5.79. The zero-order valence-corrected chi connectivity index (χ0v) is 15.2. The van der Waals surface area contributed by atoms with E-state index in [2.05, 4.69) is 99.6 Å². The summed E-state index contributed by atoms with van der Waals surface area (Å²) >= 11 is 0. The monoisotopic (exact) mass is 324 g/mol.